The van der Waals surface area contributed by atoms with Gasteiger partial charge in [0.1, 0.15) is 0 Å². The van der Waals surface area contributed by atoms with Gasteiger partial charge in [0.25, 0.3) is 0 Å². The van der Waals surface area contributed by atoms with E-state index in [0.29, 0.717) is 6.42 Å². The molecule has 1 fully saturated rings. The maximum absolute atomic E-state index is 11.9. The fourth-order valence-corrected chi connectivity index (χ4v) is 4.17. The first-order valence-corrected chi connectivity index (χ1v) is 8.34. The highest BCUT2D eigenvalue weighted by Gasteiger charge is 2.26. The SMILES string of the molecule is Cc1ccc(NC(=O)CC2CCCS(=O)(=O)C2)cc1. The fraction of sp³-hybridized carbons (Fsp3) is 0.500. The Morgan fingerprint density at radius 2 is 2.00 bits per heavy atom. The summed E-state index contributed by atoms with van der Waals surface area (Å²) in [7, 11) is -2.94. The topological polar surface area (TPSA) is 63.2 Å². The van der Waals surface area contributed by atoms with Gasteiger partial charge in [0.2, 0.25) is 5.91 Å². The summed E-state index contributed by atoms with van der Waals surface area (Å²) in [5, 5.41) is 2.81. The summed E-state index contributed by atoms with van der Waals surface area (Å²) in [4.78, 5) is 11.9. The number of hydrogen-bond acceptors (Lipinski definition) is 3. The lowest BCUT2D eigenvalue weighted by Crippen LogP contribution is -2.28. The van der Waals surface area contributed by atoms with E-state index in [1.54, 1.807) is 0 Å². The second kappa shape index (κ2) is 5.74. The molecule has 0 aliphatic carbocycles. The summed E-state index contributed by atoms with van der Waals surface area (Å²) in [6.07, 6.45) is 1.78. The lowest BCUT2D eigenvalue weighted by molar-refractivity contribution is -0.117. The Morgan fingerprint density at radius 1 is 1.32 bits per heavy atom. The van der Waals surface area contributed by atoms with Gasteiger partial charge in [-0.25, -0.2) is 8.42 Å². The molecule has 0 spiro atoms. The third kappa shape index (κ3) is 4.35. The van der Waals surface area contributed by atoms with Crippen molar-refractivity contribution in [2.45, 2.75) is 26.2 Å². The molecule has 0 aromatic heterocycles. The quantitative estimate of drug-likeness (QED) is 0.923. The highest BCUT2D eigenvalue weighted by Crippen LogP contribution is 2.22. The zero-order valence-corrected chi connectivity index (χ0v) is 11.9. The van der Waals surface area contributed by atoms with Crippen molar-refractivity contribution >= 4 is 21.4 Å². The van der Waals surface area contributed by atoms with Gasteiger partial charge in [0.05, 0.1) is 11.5 Å². The highest BCUT2D eigenvalue weighted by molar-refractivity contribution is 7.91. The molecule has 4 nitrogen and oxygen atoms in total. The van der Waals surface area contributed by atoms with Crippen molar-refractivity contribution in [1.82, 2.24) is 0 Å². The normalized spacial score (nSPS) is 21.8. The van der Waals surface area contributed by atoms with Crippen LogP contribution < -0.4 is 5.32 Å². The minimum atomic E-state index is -2.94. The molecular formula is C14H19NO3S. The van der Waals surface area contributed by atoms with E-state index < -0.39 is 9.84 Å². The number of amides is 1. The number of rotatable bonds is 3. The molecular weight excluding hydrogens is 262 g/mol. The minimum absolute atomic E-state index is 0.0378. The van der Waals surface area contributed by atoms with Gasteiger partial charge in [-0.05, 0) is 37.8 Å². The fourth-order valence-electron chi connectivity index (χ4n) is 2.39. The predicted octanol–water partition coefficient (Wildman–Crippen LogP) is 2.15. The third-order valence-corrected chi connectivity index (χ3v) is 5.26. The number of sulfone groups is 1. The van der Waals surface area contributed by atoms with E-state index in [2.05, 4.69) is 5.32 Å². The first-order chi connectivity index (χ1) is 8.94. The summed E-state index contributed by atoms with van der Waals surface area (Å²) >= 11 is 0. The number of benzene rings is 1. The number of carbonyl (C=O) groups is 1. The molecule has 5 heteroatoms. The molecule has 0 saturated carbocycles. The van der Waals surface area contributed by atoms with Gasteiger partial charge in [-0.3, -0.25) is 4.79 Å². The van der Waals surface area contributed by atoms with Crippen LogP contribution in [0.25, 0.3) is 0 Å². The standard InChI is InChI=1S/C14H19NO3S/c1-11-4-6-13(7-5-11)15-14(16)9-12-3-2-8-19(17,18)10-12/h4-7,12H,2-3,8-10H2,1H3,(H,15,16). The average molecular weight is 281 g/mol. The summed E-state index contributed by atoms with van der Waals surface area (Å²) in [5.41, 5.74) is 1.89. The summed E-state index contributed by atoms with van der Waals surface area (Å²) < 4.78 is 23.0. The minimum Gasteiger partial charge on any atom is -0.326 e. The maximum Gasteiger partial charge on any atom is 0.224 e. The van der Waals surface area contributed by atoms with Crippen LogP contribution in [-0.2, 0) is 14.6 Å². The van der Waals surface area contributed by atoms with Gasteiger partial charge in [-0.15, -0.1) is 0 Å². The van der Waals surface area contributed by atoms with Crippen molar-refractivity contribution in [3.8, 4) is 0 Å². The van der Waals surface area contributed by atoms with Gasteiger partial charge in [0, 0.05) is 12.1 Å². The molecule has 104 valence electrons. The summed E-state index contributed by atoms with van der Waals surface area (Å²) in [6.45, 7) is 1.98. The van der Waals surface area contributed by atoms with E-state index in [1.165, 1.54) is 0 Å². The molecule has 0 radical (unpaired) electrons. The van der Waals surface area contributed by atoms with Crippen molar-refractivity contribution < 1.29 is 13.2 Å². The number of carbonyl (C=O) groups excluding carboxylic acids is 1. The highest BCUT2D eigenvalue weighted by atomic mass is 32.2. The Hall–Kier alpha value is -1.36. The van der Waals surface area contributed by atoms with Gasteiger partial charge in [0.15, 0.2) is 9.84 Å². The van der Waals surface area contributed by atoms with E-state index in [9.17, 15) is 13.2 Å². The van der Waals surface area contributed by atoms with Crippen molar-refractivity contribution in [3.63, 3.8) is 0 Å². The summed E-state index contributed by atoms with van der Waals surface area (Å²) in [6, 6.07) is 7.57. The number of aryl methyl sites for hydroxylation is 1. The van der Waals surface area contributed by atoms with Crippen molar-refractivity contribution in [3.05, 3.63) is 29.8 Å². The van der Waals surface area contributed by atoms with Crippen LogP contribution >= 0.6 is 0 Å². The van der Waals surface area contributed by atoms with Crippen LogP contribution in [0.15, 0.2) is 24.3 Å². The van der Waals surface area contributed by atoms with Crippen LogP contribution in [0.1, 0.15) is 24.8 Å². The van der Waals surface area contributed by atoms with Crippen LogP contribution in [0.4, 0.5) is 5.69 Å². The van der Waals surface area contributed by atoms with Crippen molar-refractivity contribution in [2.24, 2.45) is 5.92 Å². The van der Waals surface area contributed by atoms with E-state index in [1.807, 2.05) is 31.2 Å². The molecule has 1 aliphatic heterocycles. The van der Waals surface area contributed by atoms with Gasteiger partial charge in [-0.2, -0.15) is 0 Å². The predicted molar refractivity (Wildman–Crippen MR) is 75.8 cm³/mol. The van der Waals surface area contributed by atoms with Crippen LogP contribution in [0.5, 0.6) is 0 Å². The first-order valence-electron chi connectivity index (χ1n) is 6.51. The second-order valence-corrected chi connectivity index (χ2v) is 7.47. The Bertz CT molecular complexity index is 549. The van der Waals surface area contributed by atoms with Crippen LogP contribution in [-0.4, -0.2) is 25.8 Å². The van der Waals surface area contributed by atoms with Gasteiger partial charge in [-0.1, -0.05) is 17.7 Å². The Kier molecular flexibility index (Phi) is 4.24. The third-order valence-electron chi connectivity index (χ3n) is 3.37. The maximum atomic E-state index is 11.9. The molecule has 1 amide bonds. The zero-order valence-electron chi connectivity index (χ0n) is 11.1. The molecule has 0 bridgehead atoms. The molecule has 1 N–H and O–H groups in total. The van der Waals surface area contributed by atoms with Crippen molar-refractivity contribution in [1.29, 1.82) is 0 Å². The molecule has 1 aromatic carbocycles. The largest absolute Gasteiger partial charge is 0.326 e. The molecule has 1 heterocycles. The second-order valence-electron chi connectivity index (χ2n) is 5.24. The van der Waals surface area contributed by atoms with Gasteiger partial charge < -0.3 is 5.32 Å². The average Bonchev–Trinajstić information content (AvgIpc) is 2.30. The van der Waals surface area contributed by atoms with E-state index in [0.717, 1.165) is 17.7 Å². The smallest absolute Gasteiger partial charge is 0.224 e. The lowest BCUT2D eigenvalue weighted by Gasteiger charge is -2.21. The molecule has 1 saturated heterocycles. The molecule has 1 aromatic rings. The van der Waals surface area contributed by atoms with E-state index >= 15 is 0 Å². The van der Waals surface area contributed by atoms with E-state index in [4.69, 9.17) is 0 Å². The van der Waals surface area contributed by atoms with Crippen LogP contribution in [0.3, 0.4) is 0 Å². The lowest BCUT2D eigenvalue weighted by atomic mass is 10.0. The Morgan fingerprint density at radius 3 is 2.63 bits per heavy atom. The number of hydrogen-bond donors (Lipinski definition) is 1. The Balaban J connectivity index is 1.89. The van der Waals surface area contributed by atoms with Crippen molar-refractivity contribution in [2.75, 3.05) is 16.8 Å². The zero-order chi connectivity index (χ0) is 13.9. The number of nitrogens with one attached hydrogen (secondary N) is 1. The summed E-state index contributed by atoms with van der Waals surface area (Å²) in [5.74, 6) is 0.271. The van der Waals surface area contributed by atoms with Crippen LogP contribution in [0, 0.1) is 12.8 Å². The molecule has 1 atom stereocenters. The van der Waals surface area contributed by atoms with Crippen LogP contribution in [0.2, 0.25) is 0 Å². The molecule has 1 aliphatic rings. The molecule has 1 unspecified atom stereocenters. The monoisotopic (exact) mass is 281 g/mol. The molecule has 2 rings (SSSR count). The van der Waals surface area contributed by atoms with E-state index in [-0.39, 0.29) is 29.8 Å². The molecule has 19 heavy (non-hydrogen) atoms. The first kappa shape index (κ1) is 14.1. The Labute approximate surface area is 114 Å². The van der Waals surface area contributed by atoms with Gasteiger partial charge >= 0.3 is 0 Å². The number of anilines is 1.